The van der Waals surface area contributed by atoms with Gasteiger partial charge in [-0.25, -0.2) is 0 Å². The standard InChI is InChI=1S/C12H13NO/c1-8-3-2-4-9-10-7-13-6-5-11(10)14-12(8)9/h5-8H,2-4H2,1H3. The Labute approximate surface area is 82.9 Å². The zero-order valence-electron chi connectivity index (χ0n) is 8.29. The van der Waals surface area contributed by atoms with Crippen molar-refractivity contribution in [3.05, 3.63) is 29.8 Å². The van der Waals surface area contributed by atoms with Crippen LogP contribution in [0.3, 0.4) is 0 Å². The van der Waals surface area contributed by atoms with Crippen molar-refractivity contribution >= 4 is 11.0 Å². The number of rotatable bonds is 0. The second-order valence-electron chi connectivity index (χ2n) is 4.11. The van der Waals surface area contributed by atoms with Crippen molar-refractivity contribution in [2.24, 2.45) is 0 Å². The number of hydrogen-bond acceptors (Lipinski definition) is 2. The van der Waals surface area contributed by atoms with Gasteiger partial charge in [0.25, 0.3) is 0 Å². The fourth-order valence-corrected chi connectivity index (χ4v) is 2.38. The number of nitrogens with zero attached hydrogens (tertiary/aromatic N) is 1. The molecule has 0 saturated carbocycles. The van der Waals surface area contributed by atoms with Crippen LogP contribution in [0.1, 0.15) is 37.0 Å². The van der Waals surface area contributed by atoms with E-state index in [1.54, 1.807) is 6.20 Å². The van der Waals surface area contributed by atoms with Crippen molar-refractivity contribution in [3.8, 4) is 0 Å². The molecule has 1 atom stereocenters. The van der Waals surface area contributed by atoms with Crippen LogP contribution in [0.4, 0.5) is 0 Å². The van der Waals surface area contributed by atoms with Crippen LogP contribution in [0.2, 0.25) is 0 Å². The summed E-state index contributed by atoms with van der Waals surface area (Å²) in [6.07, 6.45) is 7.40. The van der Waals surface area contributed by atoms with Crippen LogP contribution >= 0.6 is 0 Å². The molecule has 0 bridgehead atoms. The fourth-order valence-electron chi connectivity index (χ4n) is 2.38. The molecule has 2 aromatic rings. The topological polar surface area (TPSA) is 26.0 Å². The minimum atomic E-state index is 0.575. The molecule has 3 rings (SSSR count). The first-order valence-electron chi connectivity index (χ1n) is 5.21. The second-order valence-corrected chi connectivity index (χ2v) is 4.11. The van der Waals surface area contributed by atoms with E-state index in [4.69, 9.17) is 4.42 Å². The summed E-state index contributed by atoms with van der Waals surface area (Å²) in [5, 5.41) is 1.22. The molecule has 2 nitrogen and oxygen atoms in total. The van der Waals surface area contributed by atoms with Gasteiger partial charge in [0.15, 0.2) is 0 Å². The van der Waals surface area contributed by atoms with E-state index in [9.17, 15) is 0 Å². The lowest BCUT2D eigenvalue weighted by atomic mass is 9.89. The maximum atomic E-state index is 5.86. The Morgan fingerprint density at radius 1 is 1.50 bits per heavy atom. The van der Waals surface area contributed by atoms with Crippen LogP contribution in [0.5, 0.6) is 0 Å². The van der Waals surface area contributed by atoms with E-state index in [1.807, 2.05) is 12.3 Å². The molecule has 1 aliphatic rings. The summed E-state index contributed by atoms with van der Waals surface area (Å²) in [4.78, 5) is 4.16. The number of hydrogen-bond donors (Lipinski definition) is 0. The number of pyridine rings is 1. The number of aromatic nitrogens is 1. The van der Waals surface area contributed by atoms with E-state index in [0.717, 1.165) is 12.0 Å². The maximum absolute atomic E-state index is 5.86. The highest BCUT2D eigenvalue weighted by Gasteiger charge is 2.22. The maximum Gasteiger partial charge on any atom is 0.137 e. The summed E-state index contributed by atoms with van der Waals surface area (Å²) < 4.78 is 5.86. The highest BCUT2D eigenvalue weighted by molar-refractivity contribution is 5.81. The van der Waals surface area contributed by atoms with Gasteiger partial charge in [0.1, 0.15) is 11.3 Å². The average Bonchev–Trinajstić information content (AvgIpc) is 2.59. The van der Waals surface area contributed by atoms with Crippen LogP contribution in [0, 0.1) is 0 Å². The Bertz CT molecular complexity index is 472. The first kappa shape index (κ1) is 8.04. The molecule has 14 heavy (non-hydrogen) atoms. The van der Waals surface area contributed by atoms with E-state index < -0.39 is 0 Å². The lowest BCUT2D eigenvalue weighted by Crippen LogP contribution is -2.03. The predicted molar refractivity (Wildman–Crippen MR) is 55.4 cm³/mol. The van der Waals surface area contributed by atoms with Gasteiger partial charge in [-0.1, -0.05) is 6.92 Å². The third kappa shape index (κ3) is 0.999. The van der Waals surface area contributed by atoms with Gasteiger partial charge < -0.3 is 4.42 Å². The minimum absolute atomic E-state index is 0.575. The van der Waals surface area contributed by atoms with Gasteiger partial charge in [-0.2, -0.15) is 0 Å². The van der Waals surface area contributed by atoms with E-state index in [1.165, 1.54) is 29.6 Å². The van der Waals surface area contributed by atoms with Gasteiger partial charge in [-0.3, -0.25) is 4.98 Å². The molecular formula is C12H13NO. The first-order chi connectivity index (χ1) is 6.86. The van der Waals surface area contributed by atoms with Crippen molar-refractivity contribution in [1.82, 2.24) is 4.98 Å². The van der Waals surface area contributed by atoms with Gasteiger partial charge in [0.2, 0.25) is 0 Å². The zero-order valence-corrected chi connectivity index (χ0v) is 8.29. The van der Waals surface area contributed by atoms with Crippen molar-refractivity contribution < 1.29 is 4.42 Å². The number of furan rings is 1. The van der Waals surface area contributed by atoms with Gasteiger partial charge in [0.05, 0.1) is 0 Å². The quantitative estimate of drug-likeness (QED) is 0.632. The molecule has 0 radical (unpaired) electrons. The van der Waals surface area contributed by atoms with Crippen LogP contribution in [-0.2, 0) is 6.42 Å². The van der Waals surface area contributed by atoms with E-state index in [0.29, 0.717) is 5.92 Å². The molecule has 0 fully saturated rings. The largest absolute Gasteiger partial charge is 0.460 e. The van der Waals surface area contributed by atoms with Crippen LogP contribution in [0.25, 0.3) is 11.0 Å². The predicted octanol–water partition coefficient (Wildman–Crippen LogP) is 3.27. The Morgan fingerprint density at radius 2 is 2.43 bits per heavy atom. The zero-order chi connectivity index (χ0) is 9.54. The van der Waals surface area contributed by atoms with Gasteiger partial charge in [-0.15, -0.1) is 0 Å². The number of fused-ring (bicyclic) bond motifs is 3. The second kappa shape index (κ2) is 2.84. The molecule has 2 heterocycles. The molecule has 2 aromatic heterocycles. The van der Waals surface area contributed by atoms with E-state index in [2.05, 4.69) is 11.9 Å². The van der Waals surface area contributed by atoms with Crippen LogP contribution in [0.15, 0.2) is 22.9 Å². The third-order valence-electron chi connectivity index (χ3n) is 3.14. The normalized spacial score (nSPS) is 21.1. The summed E-state index contributed by atoms with van der Waals surface area (Å²) in [6, 6.07) is 1.96. The Kier molecular flexibility index (Phi) is 1.63. The summed E-state index contributed by atoms with van der Waals surface area (Å²) in [5.41, 5.74) is 2.39. The molecule has 0 aliphatic heterocycles. The van der Waals surface area contributed by atoms with Gasteiger partial charge in [-0.05, 0) is 25.3 Å². The SMILES string of the molecule is CC1CCCc2c1oc1ccncc21. The Morgan fingerprint density at radius 3 is 3.36 bits per heavy atom. The Hall–Kier alpha value is -1.31. The van der Waals surface area contributed by atoms with Crippen molar-refractivity contribution in [1.29, 1.82) is 0 Å². The highest BCUT2D eigenvalue weighted by Crippen LogP contribution is 2.37. The molecule has 0 amide bonds. The third-order valence-corrected chi connectivity index (χ3v) is 3.14. The molecule has 2 heteroatoms. The van der Waals surface area contributed by atoms with Crippen molar-refractivity contribution in [3.63, 3.8) is 0 Å². The van der Waals surface area contributed by atoms with Gasteiger partial charge >= 0.3 is 0 Å². The van der Waals surface area contributed by atoms with Gasteiger partial charge in [0, 0.05) is 29.3 Å². The molecular weight excluding hydrogens is 174 g/mol. The average molecular weight is 187 g/mol. The molecule has 0 aromatic carbocycles. The minimum Gasteiger partial charge on any atom is -0.460 e. The number of aryl methyl sites for hydroxylation is 1. The van der Waals surface area contributed by atoms with E-state index in [-0.39, 0.29) is 0 Å². The van der Waals surface area contributed by atoms with E-state index >= 15 is 0 Å². The lowest BCUT2D eigenvalue weighted by molar-refractivity contribution is 0.453. The summed E-state index contributed by atoms with van der Waals surface area (Å²) in [7, 11) is 0. The molecule has 1 unspecified atom stereocenters. The smallest absolute Gasteiger partial charge is 0.137 e. The summed E-state index contributed by atoms with van der Waals surface area (Å²) in [6.45, 7) is 2.24. The molecule has 0 N–H and O–H groups in total. The van der Waals surface area contributed by atoms with Crippen molar-refractivity contribution in [2.75, 3.05) is 0 Å². The summed E-state index contributed by atoms with van der Waals surface area (Å²) >= 11 is 0. The molecule has 0 spiro atoms. The van der Waals surface area contributed by atoms with Crippen LogP contribution < -0.4 is 0 Å². The Balaban J connectivity index is 2.32. The lowest BCUT2D eigenvalue weighted by Gasteiger charge is -2.16. The molecule has 0 saturated heterocycles. The molecule has 1 aliphatic carbocycles. The first-order valence-corrected chi connectivity index (χ1v) is 5.21. The fraction of sp³-hybridized carbons (Fsp3) is 0.417. The van der Waals surface area contributed by atoms with Crippen LogP contribution in [-0.4, -0.2) is 4.98 Å². The highest BCUT2D eigenvalue weighted by atomic mass is 16.3. The monoisotopic (exact) mass is 187 g/mol. The summed E-state index contributed by atoms with van der Waals surface area (Å²) in [5.74, 6) is 1.77. The molecule has 72 valence electrons. The van der Waals surface area contributed by atoms with Crippen molar-refractivity contribution in [2.45, 2.75) is 32.1 Å².